The number of nitrogens with one attached hydrogen (secondary N) is 2. The second-order valence-corrected chi connectivity index (χ2v) is 7.59. The molecule has 2 aliphatic rings. The van der Waals surface area contributed by atoms with E-state index in [1.807, 2.05) is 26.0 Å². The van der Waals surface area contributed by atoms with Crippen LogP contribution in [0.3, 0.4) is 0 Å². The number of nitrogens with zero attached hydrogens (tertiary/aromatic N) is 1. The van der Waals surface area contributed by atoms with E-state index < -0.39 is 12.0 Å². The van der Waals surface area contributed by atoms with Gasteiger partial charge in [-0.1, -0.05) is 30.2 Å². The molecular weight excluding hydrogens is 342 g/mol. The lowest BCUT2D eigenvalue weighted by Gasteiger charge is -2.37. The van der Waals surface area contributed by atoms with Crippen molar-refractivity contribution in [2.45, 2.75) is 52.1 Å². The molecule has 6 nitrogen and oxygen atoms in total. The number of aryl methyl sites for hydroxylation is 2. The second kappa shape index (κ2) is 8.13. The summed E-state index contributed by atoms with van der Waals surface area (Å²) in [6.07, 6.45) is 3.49. The van der Waals surface area contributed by atoms with Gasteiger partial charge in [0.2, 0.25) is 0 Å². The molecule has 0 spiro atoms. The van der Waals surface area contributed by atoms with Crippen LogP contribution in [-0.4, -0.2) is 43.1 Å². The minimum absolute atomic E-state index is 0.285. The fourth-order valence-corrected chi connectivity index (χ4v) is 4.07. The van der Waals surface area contributed by atoms with Crippen molar-refractivity contribution >= 4 is 12.0 Å². The predicted octanol–water partition coefficient (Wildman–Crippen LogP) is 2.96. The van der Waals surface area contributed by atoms with Gasteiger partial charge >= 0.3 is 12.0 Å². The van der Waals surface area contributed by atoms with E-state index in [4.69, 9.17) is 4.74 Å². The number of hydrogen-bond acceptors (Lipinski definition) is 4. The fraction of sp³-hybridized carbons (Fsp3) is 0.524. The summed E-state index contributed by atoms with van der Waals surface area (Å²) in [4.78, 5) is 27.4. The Bertz CT molecular complexity index is 772. The molecule has 2 atom stereocenters. The van der Waals surface area contributed by atoms with Crippen LogP contribution < -0.4 is 10.6 Å². The second-order valence-electron chi connectivity index (χ2n) is 7.59. The van der Waals surface area contributed by atoms with Crippen molar-refractivity contribution in [3.05, 3.63) is 46.2 Å². The molecule has 0 aliphatic carbocycles. The molecule has 27 heavy (non-hydrogen) atoms. The van der Waals surface area contributed by atoms with Crippen LogP contribution in [0.15, 0.2) is 29.5 Å². The van der Waals surface area contributed by atoms with Gasteiger partial charge in [0.15, 0.2) is 0 Å². The Kier molecular flexibility index (Phi) is 5.85. The molecule has 0 radical (unpaired) electrons. The van der Waals surface area contributed by atoms with Gasteiger partial charge in [0, 0.05) is 18.3 Å². The van der Waals surface area contributed by atoms with E-state index in [1.54, 1.807) is 0 Å². The summed E-state index contributed by atoms with van der Waals surface area (Å²) in [5, 5.41) is 5.78. The molecule has 3 rings (SSSR count). The van der Waals surface area contributed by atoms with Crippen LogP contribution in [-0.2, 0) is 9.53 Å². The zero-order chi connectivity index (χ0) is 19.6. The predicted molar refractivity (Wildman–Crippen MR) is 104 cm³/mol. The number of piperidine rings is 1. The summed E-state index contributed by atoms with van der Waals surface area (Å²) in [6.45, 7) is 7.73. The Morgan fingerprint density at radius 3 is 2.74 bits per heavy atom. The lowest BCUT2D eigenvalue weighted by Crippen LogP contribution is -2.50. The van der Waals surface area contributed by atoms with Gasteiger partial charge in [-0.25, -0.2) is 9.59 Å². The number of likely N-dealkylation sites (tertiary alicyclic amines) is 1. The number of rotatable bonds is 4. The van der Waals surface area contributed by atoms with E-state index in [2.05, 4.69) is 28.5 Å². The maximum atomic E-state index is 12.7. The van der Waals surface area contributed by atoms with Crippen molar-refractivity contribution in [2.24, 2.45) is 0 Å². The van der Waals surface area contributed by atoms with Crippen molar-refractivity contribution in [1.29, 1.82) is 0 Å². The monoisotopic (exact) mass is 371 g/mol. The van der Waals surface area contributed by atoms with E-state index in [-0.39, 0.29) is 6.03 Å². The quantitative estimate of drug-likeness (QED) is 0.799. The lowest BCUT2D eigenvalue weighted by atomic mass is 9.91. The summed E-state index contributed by atoms with van der Waals surface area (Å²) in [7, 11) is 1.38. The standard InChI is InChI=1S/C21H29N3O3/c1-13-8-9-16(14(2)11-13)19-18(20(25)27-4)17(22-21(26)23-19)12-24-10-6-5-7-15(24)3/h8-9,11,15,19H,5-7,10,12H2,1-4H3,(H2,22,23,26)/t15-,19-/m0/s1. The van der Waals surface area contributed by atoms with Crippen LogP contribution >= 0.6 is 0 Å². The van der Waals surface area contributed by atoms with Crippen LogP contribution in [0.4, 0.5) is 4.79 Å². The molecule has 2 N–H and O–H groups in total. The Labute approximate surface area is 161 Å². The highest BCUT2D eigenvalue weighted by Crippen LogP contribution is 2.31. The van der Waals surface area contributed by atoms with Crippen LogP contribution in [0.1, 0.15) is 48.9 Å². The molecule has 6 heteroatoms. The molecular formula is C21H29N3O3. The average molecular weight is 371 g/mol. The Hall–Kier alpha value is -2.34. The zero-order valence-electron chi connectivity index (χ0n) is 16.6. The number of carbonyl (C=O) groups excluding carboxylic acids is 2. The van der Waals surface area contributed by atoms with Crippen LogP contribution in [0.2, 0.25) is 0 Å². The fourth-order valence-electron chi connectivity index (χ4n) is 4.07. The Morgan fingerprint density at radius 2 is 2.07 bits per heavy atom. The van der Waals surface area contributed by atoms with Gasteiger partial charge in [-0.15, -0.1) is 0 Å². The molecule has 0 aromatic heterocycles. The number of benzene rings is 1. The highest BCUT2D eigenvalue weighted by molar-refractivity contribution is 5.95. The number of hydrogen-bond donors (Lipinski definition) is 2. The molecule has 0 saturated carbocycles. The number of ether oxygens (including phenoxy) is 1. The third-order valence-corrected chi connectivity index (χ3v) is 5.60. The number of urea groups is 1. The first-order valence-electron chi connectivity index (χ1n) is 9.60. The molecule has 2 aliphatic heterocycles. The number of esters is 1. The summed E-state index contributed by atoms with van der Waals surface area (Å²) in [5.74, 6) is -0.410. The van der Waals surface area contributed by atoms with E-state index >= 15 is 0 Å². The molecule has 1 aromatic carbocycles. The van der Waals surface area contributed by atoms with Crippen molar-refractivity contribution in [3.63, 3.8) is 0 Å². The van der Waals surface area contributed by atoms with Crippen LogP contribution in [0.5, 0.6) is 0 Å². The lowest BCUT2D eigenvalue weighted by molar-refractivity contribution is -0.136. The highest BCUT2D eigenvalue weighted by atomic mass is 16.5. The molecule has 2 amide bonds. The molecule has 0 unspecified atom stereocenters. The first kappa shape index (κ1) is 19.4. The topological polar surface area (TPSA) is 70.7 Å². The maximum Gasteiger partial charge on any atom is 0.338 e. The molecule has 146 valence electrons. The molecule has 1 saturated heterocycles. The van der Waals surface area contributed by atoms with Crippen molar-refractivity contribution < 1.29 is 14.3 Å². The van der Waals surface area contributed by atoms with Crippen molar-refractivity contribution in [3.8, 4) is 0 Å². The maximum absolute atomic E-state index is 12.7. The minimum atomic E-state index is -0.512. The van der Waals surface area contributed by atoms with Gasteiger partial charge in [-0.2, -0.15) is 0 Å². The molecule has 1 fully saturated rings. The van der Waals surface area contributed by atoms with E-state index in [9.17, 15) is 9.59 Å². The van der Waals surface area contributed by atoms with Gasteiger partial charge in [0.25, 0.3) is 0 Å². The minimum Gasteiger partial charge on any atom is -0.466 e. The Morgan fingerprint density at radius 1 is 1.30 bits per heavy atom. The van der Waals surface area contributed by atoms with Crippen LogP contribution in [0, 0.1) is 13.8 Å². The van der Waals surface area contributed by atoms with Gasteiger partial charge in [-0.05, 0) is 51.3 Å². The zero-order valence-corrected chi connectivity index (χ0v) is 16.6. The SMILES string of the molecule is COC(=O)C1=C(CN2CCCC[C@@H]2C)NC(=O)N[C@H]1c1ccc(C)cc1C. The first-order chi connectivity index (χ1) is 12.9. The highest BCUT2D eigenvalue weighted by Gasteiger charge is 2.35. The molecule has 2 heterocycles. The van der Waals surface area contributed by atoms with E-state index in [0.29, 0.717) is 23.9 Å². The van der Waals surface area contributed by atoms with E-state index in [1.165, 1.54) is 13.5 Å². The van der Waals surface area contributed by atoms with Crippen molar-refractivity contribution in [2.75, 3.05) is 20.2 Å². The number of methoxy groups -OCH3 is 1. The largest absolute Gasteiger partial charge is 0.466 e. The van der Waals surface area contributed by atoms with Gasteiger partial charge < -0.3 is 15.4 Å². The summed E-state index contributed by atoms with van der Waals surface area (Å²) in [5.41, 5.74) is 4.22. The smallest absolute Gasteiger partial charge is 0.338 e. The third kappa shape index (κ3) is 4.16. The summed E-state index contributed by atoms with van der Waals surface area (Å²) < 4.78 is 5.08. The third-order valence-electron chi connectivity index (χ3n) is 5.60. The number of amides is 2. The normalized spacial score (nSPS) is 23.6. The average Bonchev–Trinajstić information content (AvgIpc) is 2.62. The van der Waals surface area contributed by atoms with Gasteiger partial charge in [-0.3, -0.25) is 4.90 Å². The summed E-state index contributed by atoms with van der Waals surface area (Å²) >= 11 is 0. The van der Waals surface area contributed by atoms with Crippen LogP contribution in [0.25, 0.3) is 0 Å². The summed E-state index contributed by atoms with van der Waals surface area (Å²) in [6, 6.07) is 5.67. The van der Waals surface area contributed by atoms with Gasteiger partial charge in [0.1, 0.15) is 0 Å². The Balaban J connectivity index is 2.03. The van der Waals surface area contributed by atoms with E-state index in [0.717, 1.165) is 36.1 Å². The first-order valence-corrected chi connectivity index (χ1v) is 9.60. The molecule has 1 aromatic rings. The number of carbonyl (C=O) groups is 2. The van der Waals surface area contributed by atoms with Crippen molar-refractivity contribution in [1.82, 2.24) is 15.5 Å². The molecule has 0 bridgehead atoms. The van der Waals surface area contributed by atoms with Gasteiger partial charge in [0.05, 0.1) is 18.7 Å².